The van der Waals surface area contributed by atoms with E-state index in [2.05, 4.69) is 10.6 Å². The highest BCUT2D eigenvalue weighted by Gasteiger charge is 2.14. The van der Waals surface area contributed by atoms with Crippen LogP contribution in [0, 0.1) is 10.1 Å². The number of benzene rings is 2. The zero-order valence-electron chi connectivity index (χ0n) is 16.0. The first kappa shape index (κ1) is 20.5. The molecule has 0 aliphatic rings. The second-order valence-electron chi connectivity index (χ2n) is 6.50. The molecule has 0 bridgehead atoms. The molecule has 0 fully saturated rings. The smallest absolute Gasteiger partial charge is 0.269 e. The van der Waals surface area contributed by atoms with Crippen LogP contribution in [0.2, 0.25) is 0 Å². The van der Waals surface area contributed by atoms with Crippen molar-refractivity contribution in [3.63, 3.8) is 0 Å². The summed E-state index contributed by atoms with van der Waals surface area (Å²) < 4.78 is 1.31. The third-order valence-electron chi connectivity index (χ3n) is 4.18. The molecule has 0 spiro atoms. The minimum Gasteiger partial charge on any atom is -0.326 e. The molecule has 0 unspecified atom stereocenters. The Kier molecular flexibility index (Phi) is 6.02. The molecule has 1 aromatic heterocycles. The Morgan fingerprint density at radius 3 is 2.40 bits per heavy atom. The van der Waals surface area contributed by atoms with E-state index >= 15 is 0 Å². The zero-order chi connectivity index (χ0) is 21.7. The highest BCUT2D eigenvalue weighted by atomic mass is 16.6. The molecule has 0 atom stereocenters. The number of hydrogen-bond acceptors (Lipinski definition) is 5. The van der Waals surface area contributed by atoms with Crippen molar-refractivity contribution in [2.24, 2.45) is 0 Å². The first-order valence-electron chi connectivity index (χ1n) is 8.95. The summed E-state index contributed by atoms with van der Waals surface area (Å²) in [6.45, 7) is 1.46. The van der Waals surface area contributed by atoms with E-state index < -0.39 is 16.4 Å². The minimum atomic E-state index is -0.603. The van der Waals surface area contributed by atoms with E-state index in [9.17, 15) is 24.5 Å². The van der Waals surface area contributed by atoms with Crippen LogP contribution in [0.15, 0.2) is 71.7 Å². The van der Waals surface area contributed by atoms with Gasteiger partial charge in [-0.15, -0.1) is 0 Å². The molecular weight excluding hydrogens is 388 g/mol. The normalized spacial score (nSPS) is 10.3. The molecule has 0 saturated carbocycles. The summed E-state index contributed by atoms with van der Waals surface area (Å²) in [7, 11) is 0. The molecule has 2 aromatic carbocycles. The summed E-state index contributed by atoms with van der Waals surface area (Å²) >= 11 is 0. The molecule has 0 aliphatic heterocycles. The maximum absolute atomic E-state index is 12.7. The van der Waals surface area contributed by atoms with Crippen molar-refractivity contribution in [1.82, 2.24) is 4.57 Å². The largest absolute Gasteiger partial charge is 0.326 e. The van der Waals surface area contributed by atoms with Gasteiger partial charge in [0.15, 0.2) is 0 Å². The van der Waals surface area contributed by atoms with Crippen LogP contribution in [0.1, 0.15) is 22.8 Å². The first-order valence-corrected chi connectivity index (χ1v) is 8.95. The highest BCUT2D eigenvalue weighted by molar-refractivity contribution is 6.04. The maximum atomic E-state index is 12.7. The summed E-state index contributed by atoms with van der Waals surface area (Å²) in [5, 5.41) is 16.2. The Bertz CT molecular complexity index is 1190. The lowest BCUT2D eigenvalue weighted by Gasteiger charge is -2.10. The van der Waals surface area contributed by atoms with Crippen LogP contribution in [-0.4, -0.2) is 21.3 Å². The highest BCUT2D eigenvalue weighted by Crippen LogP contribution is 2.16. The van der Waals surface area contributed by atoms with Gasteiger partial charge in [-0.2, -0.15) is 0 Å². The summed E-state index contributed by atoms with van der Waals surface area (Å²) in [5.41, 5.74) is 0.809. The fourth-order valence-electron chi connectivity index (χ4n) is 2.88. The Morgan fingerprint density at radius 1 is 1.00 bits per heavy atom. The minimum absolute atomic E-state index is 0.0755. The molecule has 30 heavy (non-hydrogen) atoms. The number of nitro groups is 1. The SMILES string of the molecule is CC(=O)Nc1cccc(NC(=O)c2cccn(Cc3cccc([N+](=O)[O-])c3)c2=O)c1. The van der Waals surface area contributed by atoms with Crippen LogP contribution in [0.4, 0.5) is 17.1 Å². The molecule has 152 valence electrons. The first-order chi connectivity index (χ1) is 14.3. The average molecular weight is 406 g/mol. The molecule has 2 amide bonds. The summed E-state index contributed by atoms with van der Waals surface area (Å²) in [4.78, 5) is 47.0. The number of nitrogens with zero attached hydrogens (tertiary/aromatic N) is 2. The Labute approximate surface area is 171 Å². The van der Waals surface area contributed by atoms with Gasteiger partial charge in [0.1, 0.15) is 5.56 Å². The van der Waals surface area contributed by atoms with Gasteiger partial charge in [-0.3, -0.25) is 24.5 Å². The van der Waals surface area contributed by atoms with E-state index in [0.717, 1.165) is 0 Å². The van der Waals surface area contributed by atoms with Crippen LogP contribution in [0.5, 0.6) is 0 Å². The summed E-state index contributed by atoms with van der Waals surface area (Å²) in [5.74, 6) is -0.848. The quantitative estimate of drug-likeness (QED) is 0.481. The number of aromatic nitrogens is 1. The van der Waals surface area contributed by atoms with Gasteiger partial charge in [0.25, 0.3) is 17.2 Å². The predicted octanol–water partition coefficient (Wildman–Crippen LogP) is 3.02. The molecule has 9 heteroatoms. The second-order valence-corrected chi connectivity index (χ2v) is 6.50. The number of carbonyl (C=O) groups is 2. The van der Waals surface area contributed by atoms with Crippen LogP contribution in [-0.2, 0) is 11.3 Å². The van der Waals surface area contributed by atoms with Crippen LogP contribution in [0.3, 0.4) is 0 Å². The van der Waals surface area contributed by atoms with Crippen molar-refractivity contribution in [3.8, 4) is 0 Å². The van der Waals surface area contributed by atoms with E-state index in [-0.39, 0.29) is 23.7 Å². The standard InChI is InChI=1S/C21H18N4O5/c1-14(26)22-16-6-3-7-17(12-16)23-20(27)19-9-4-10-24(21(19)28)13-15-5-2-8-18(11-15)25(29)30/h2-12H,13H2,1H3,(H,22,26)(H,23,27). The van der Waals surface area contributed by atoms with Crippen molar-refractivity contribution in [1.29, 1.82) is 0 Å². The lowest BCUT2D eigenvalue weighted by atomic mass is 10.2. The lowest BCUT2D eigenvalue weighted by molar-refractivity contribution is -0.384. The molecule has 0 aliphatic carbocycles. The number of hydrogen-bond donors (Lipinski definition) is 2. The average Bonchev–Trinajstić information content (AvgIpc) is 2.69. The van der Waals surface area contributed by atoms with Gasteiger partial charge in [-0.1, -0.05) is 18.2 Å². The van der Waals surface area contributed by atoms with Crippen molar-refractivity contribution < 1.29 is 14.5 Å². The molecule has 3 rings (SSSR count). The number of anilines is 2. The van der Waals surface area contributed by atoms with Gasteiger partial charge in [-0.05, 0) is 35.9 Å². The number of carbonyl (C=O) groups excluding carboxylic acids is 2. The van der Waals surface area contributed by atoms with Crippen molar-refractivity contribution >= 4 is 28.9 Å². The number of non-ortho nitro benzene ring substituents is 1. The van der Waals surface area contributed by atoms with E-state index in [0.29, 0.717) is 16.9 Å². The van der Waals surface area contributed by atoms with Gasteiger partial charge in [0.05, 0.1) is 11.5 Å². The lowest BCUT2D eigenvalue weighted by Crippen LogP contribution is -2.29. The fraction of sp³-hybridized carbons (Fsp3) is 0.0952. The summed E-state index contributed by atoms with van der Waals surface area (Å²) in [6, 6.07) is 15.4. The third kappa shape index (κ3) is 4.96. The van der Waals surface area contributed by atoms with Gasteiger partial charge >= 0.3 is 0 Å². The van der Waals surface area contributed by atoms with E-state index in [4.69, 9.17) is 0 Å². The van der Waals surface area contributed by atoms with E-state index in [1.165, 1.54) is 42.0 Å². The van der Waals surface area contributed by atoms with Gasteiger partial charge in [0, 0.05) is 36.6 Å². The van der Waals surface area contributed by atoms with Crippen LogP contribution >= 0.6 is 0 Å². The Morgan fingerprint density at radius 2 is 1.70 bits per heavy atom. The van der Waals surface area contributed by atoms with Gasteiger partial charge < -0.3 is 15.2 Å². The monoisotopic (exact) mass is 406 g/mol. The molecular formula is C21H18N4O5. The van der Waals surface area contributed by atoms with Crippen molar-refractivity contribution in [3.05, 3.63) is 98.5 Å². The topological polar surface area (TPSA) is 123 Å². The Hall–Kier alpha value is -4.27. The van der Waals surface area contributed by atoms with Crippen LogP contribution in [0.25, 0.3) is 0 Å². The van der Waals surface area contributed by atoms with Gasteiger partial charge in [-0.25, -0.2) is 0 Å². The zero-order valence-corrected chi connectivity index (χ0v) is 16.0. The second kappa shape index (κ2) is 8.82. The number of nitrogens with one attached hydrogen (secondary N) is 2. The number of pyridine rings is 1. The molecule has 3 aromatic rings. The molecule has 2 N–H and O–H groups in total. The molecule has 9 nitrogen and oxygen atoms in total. The van der Waals surface area contributed by atoms with E-state index in [1.807, 2.05) is 0 Å². The third-order valence-corrected chi connectivity index (χ3v) is 4.18. The van der Waals surface area contributed by atoms with Crippen molar-refractivity contribution in [2.75, 3.05) is 10.6 Å². The van der Waals surface area contributed by atoms with Crippen molar-refractivity contribution in [2.45, 2.75) is 13.5 Å². The Balaban J connectivity index is 1.82. The maximum Gasteiger partial charge on any atom is 0.269 e. The molecule has 0 radical (unpaired) electrons. The van der Waals surface area contributed by atoms with E-state index in [1.54, 1.807) is 36.4 Å². The molecule has 1 heterocycles. The fourth-order valence-corrected chi connectivity index (χ4v) is 2.88. The predicted molar refractivity (Wildman–Crippen MR) is 112 cm³/mol. The number of rotatable bonds is 6. The van der Waals surface area contributed by atoms with Gasteiger partial charge in [0.2, 0.25) is 5.91 Å². The van der Waals surface area contributed by atoms with Crippen LogP contribution < -0.4 is 16.2 Å². The number of nitro benzene ring substituents is 1. The molecule has 0 saturated heterocycles. The number of amides is 2. The summed E-state index contributed by atoms with van der Waals surface area (Å²) in [6.07, 6.45) is 1.51.